The Morgan fingerprint density at radius 3 is 3.21 bits per heavy atom. The van der Waals surface area contributed by atoms with Gasteiger partial charge in [0.05, 0.1) is 15.7 Å². The molecular formula is C13H11N3OS2. The SMILES string of the molecule is CCSC1=N/C(=C\c2ccc3scnc3c2)C(=O)N1. The Morgan fingerprint density at radius 1 is 1.47 bits per heavy atom. The molecule has 1 aromatic carbocycles. The predicted molar refractivity (Wildman–Crippen MR) is 81.3 cm³/mol. The van der Waals surface area contributed by atoms with E-state index < -0.39 is 0 Å². The zero-order chi connectivity index (χ0) is 13.2. The van der Waals surface area contributed by atoms with Gasteiger partial charge in [-0.15, -0.1) is 11.3 Å². The van der Waals surface area contributed by atoms with E-state index in [1.807, 2.05) is 30.6 Å². The number of nitrogens with one attached hydrogen (secondary N) is 1. The fourth-order valence-corrected chi connectivity index (χ4v) is 3.03. The third-order valence-electron chi connectivity index (χ3n) is 2.61. The van der Waals surface area contributed by atoms with Crippen LogP contribution in [0.5, 0.6) is 0 Å². The molecule has 0 saturated heterocycles. The number of aromatic nitrogens is 1. The monoisotopic (exact) mass is 289 g/mol. The van der Waals surface area contributed by atoms with E-state index in [1.165, 1.54) is 11.8 Å². The van der Waals surface area contributed by atoms with Gasteiger partial charge in [-0.1, -0.05) is 24.8 Å². The number of amidine groups is 1. The van der Waals surface area contributed by atoms with Gasteiger partial charge in [-0.2, -0.15) is 0 Å². The summed E-state index contributed by atoms with van der Waals surface area (Å²) in [7, 11) is 0. The highest BCUT2D eigenvalue weighted by Crippen LogP contribution is 2.21. The Morgan fingerprint density at radius 2 is 2.37 bits per heavy atom. The van der Waals surface area contributed by atoms with Crippen LogP contribution in [0, 0.1) is 0 Å². The smallest absolute Gasteiger partial charge is 0.275 e. The van der Waals surface area contributed by atoms with Crippen LogP contribution in [-0.2, 0) is 4.79 Å². The molecular weight excluding hydrogens is 278 g/mol. The summed E-state index contributed by atoms with van der Waals surface area (Å²) in [6.07, 6.45) is 1.79. The van der Waals surface area contributed by atoms with Crippen LogP contribution < -0.4 is 5.32 Å². The van der Waals surface area contributed by atoms with Crippen LogP contribution in [0.1, 0.15) is 12.5 Å². The third kappa shape index (κ3) is 2.54. The molecule has 3 rings (SSSR count). The van der Waals surface area contributed by atoms with Crippen molar-refractivity contribution in [1.82, 2.24) is 10.3 Å². The molecule has 1 aliphatic heterocycles. The molecule has 0 saturated carbocycles. The average Bonchev–Trinajstić information content (AvgIpc) is 2.97. The quantitative estimate of drug-likeness (QED) is 0.865. The van der Waals surface area contributed by atoms with E-state index >= 15 is 0 Å². The molecule has 2 aromatic rings. The first-order valence-corrected chi connectivity index (χ1v) is 7.70. The molecule has 1 aliphatic rings. The van der Waals surface area contributed by atoms with Gasteiger partial charge in [0.25, 0.3) is 5.91 Å². The van der Waals surface area contributed by atoms with E-state index in [9.17, 15) is 4.79 Å². The van der Waals surface area contributed by atoms with Gasteiger partial charge in [0.2, 0.25) is 0 Å². The van der Waals surface area contributed by atoms with Gasteiger partial charge < -0.3 is 0 Å². The topological polar surface area (TPSA) is 54.4 Å². The number of hydrogen-bond donors (Lipinski definition) is 1. The molecule has 0 atom stereocenters. The van der Waals surface area contributed by atoms with Gasteiger partial charge in [-0.25, -0.2) is 9.98 Å². The van der Waals surface area contributed by atoms with Gasteiger partial charge in [-0.3, -0.25) is 10.1 Å². The largest absolute Gasteiger partial charge is 0.300 e. The summed E-state index contributed by atoms with van der Waals surface area (Å²) in [6, 6.07) is 5.95. The second kappa shape index (κ2) is 5.14. The predicted octanol–water partition coefficient (Wildman–Crippen LogP) is 2.88. The maximum Gasteiger partial charge on any atom is 0.275 e. The summed E-state index contributed by atoms with van der Waals surface area (Å²) in [5.41, 5.74) is 4.16. The van der Waals surface area contributed by atoms with Gasteiger partial charge >= 0.3 is 0 Å². The molecule has 0 spiro atoms. The van der Waals surface area contributed by atoms with Crippen molar-refractivity contribution >= 4 is 50.5 Å². The Labute approximate surface area is 118 Å². The first-order chi connectivity index (χ1) is 9.26. The van der Waals surface area contributed by atoms with Crippen molar-refractivity contribution in [3.8, 4) is 0 Å². The fraction of sp³-hybridized carbons (Fsp3) is 0.154. The number of thioether (sulfide) groups is 1. The minimum Gasteiger partial charge on any atom is -0.300 e. The summed E-state index contributed by atoms with van der Waals surface area (Å²) >= 11 is 3.13. The van der Waals surface area contributed by atoms with Crippen LogP contribution >= 0.6 is 23.1 Å². The number of fused-ring (bicyclic) bond motifs is 1. The zero-order valence-corrected chi connectivity index (χ0v) is 11.8. The molecule has 1 amide bonds. The molecule has 6 heteroatoms. The number of aliphatic imine (C=N–C) groups is 1. The minimum atomic E-state index is -0.144. The van der Waals surface area contributed by atoms with Crippen molar-refractivity contribution in [2.45, 2.75) is 6.92 Å². The standard InChI is InChI=1S/C13H11N3OS2/c1-2-18-13-15-10(12(17)16-13)6-8-3-4-11-9(5-8)14-7-19-11/h3-7H,2H2,1H3,(H,15,16,17)/b10-6-. The number of amides is 1. The van der Waals surface area contributed by atoms with E-state index in [2.05, 4.69) is 15.3 Å². The van der Waals surface area contributed by atoms with E-state index in [0.29, 0.717) is 10.9 Å². The number of nitrogens with zero attached hydrogens (tertiary/aromatic N) is 2. The molecule has 0 bridgehead atoms. The normalized spacial score (nSPS) is 17.0. The average molecular weight is 289 g/mol. The van der Waals surface area contributed by atoms with Crippen molar-refractivity contribution in [3.63, 3.8) is 0 Å². The lowest BCUT2D eigenvalue weighted by atomic mass is 10.2. The van der Waals surface area contributed by atoms with Gasteiger partial charge in [-0.05, 0) is 29.5 Å². The first-order valence-electron chi connectivity index (χ1n) is 5.84. The Kier molecular flexibility index (Phi) is 3.35. The summed E-state index contributed by atoms with van der Waals surface area (Å²) in [5.74, 6) is 0.742. The van der Waals surface area contributed by atoms with Crippen molar-refractivity contribution in [2.75, 3.05) is 5.75 Å². The molecule has 1 aromatic heterocycles. The van der Waals surface area contributed by atoms with Crippen LogP contribution in [0.2, 0.25) is 0 Å². The van der Waals surface area contributed by atoms with Crippen LogP contribution in [0.15, 0.2) is 34.4 Å². The fourth-order valence-electron chi connectivity index (χ4n) is 1.77. The van der Waals surface area contributed by atoms with Crippen molar-refractivity contribution in [2.24, 2.45) is 4.99 Å². The van der Waals surface area contributed by atoms with Crippen LogP contribution in [0.25, 0.3) is 16.3 Å². The lowest BCUT2D eigenvalue weighted by Gasteiger charge is -1.95. The zero-order valence-electron chi connectivity index (χ0n) is 10.2. The molecule has 0 unspecified atom stereocenters. The highest BCUT2D eigenvalue weighted by molar-refractivity contribution is 8.13. The Balaban J connectivity index is 1.94. The molecule has 0 aliphatic carbocycles. The van der Waals surface area contributed by atoms with Gasteiger partial charge in [0.15, 0.2) is 5.17 Å². The van der Waals surface area contributed by atoms with Crippen molar-refractivity contribution < 1.29 is 4.79 Å². The molecule has 4 nitrogen and oxygen atoms in total. The lowest BCUT2D eigenvalue weighted by Crippen LogP contribution is -2.21. The van der Waals surface area contributed by atoms with Gasteiger partial charge in [0, 0.05) is 0 Å². The van der Waals surface area contributed by atoms with E-state index in [4.69, 9.17) is 0 Å². The highest BCUT2D eigenvalue weighted by atomic mass is 32.2. The number of carbonyl (C=O) groups is 1. The van der Waals surface area contributed by atoms with Crippen molar-refractivity contribution in [1.29, 1.82) is 0 Å². The van der Waals surface area contributed by atoms with E-state index in [0.717, 1.165) is 21.5 Å². The van der Waals surface area contributed by atoms with E-state index in [1.54, 1.807) is 17.4 Å². The Bertz CT molecular complexity index is 703. The maximum atomic E-state index is 11.8. The third-order valence-corrected chi connectivity index (χ3v) is 4.18. The molecule has 19 heavy (non-hydrogen) atoms. The van der Waals surface area contributed by atoms with Crippen LogP contribution in [-0.4, -0.2) is 21.8 Å². The second-order valence-corrected chi connectivity index (χ2v) is 6.05. The molecule has 0 radical (unpaired) electrons. The van der Waals surface area contributed by atoms with Gasteiger partial charge in [0.1, 0.15) is 5.70 Å². The highest BCUT2D eigenvalue weighted by Gasteiger charge is 2.19. The summed E-state index contributed by atoms with van der Waals surface area (Å²) in [5, 5.41) is 3.42. The lowest BCUT2D eigenvalue weighted by molar-refractivity contribution is -0.115. The van der Waals surface area contributed by atoms with Crippen LogP contribution in [0.3, 0.4) is 0 Å². The second-order valence-electron chi connectivity index (χ2n) is 3.91. The summed E-state index contributed by atoms with van der Waals surface area (Å²) in [6.45, 7) is 2.03. The molecule has 1 N–H and O–H groups in total. The first kappa shape index (κ1) is 12.4. The maximum absolute atomic E-state index is 11.8. The number of hydrogen-bond acceptors (Lipinski definition) is 5. The molecule has 2 heterocycles. The summed E-state index contributed by atoms with van der Waals surface area (Å²) < 4.78 is 1.14. The Hall–Kier alpha value is -1.66. The van der Waals surface area contributed by atoms with Crippen molar-refractivity contribution in [3.05, 3.63) is 35.0 Å². The number of rotatable bonds is 2. The minimum absolute atomic E-state index is 0.144. The molecule has 96 valence electrons. The van der Waals surface area contributed by atoms with Crippen LogP contribution in [0.4, 0.5) is 0 Å². The summed E-state index contributed by atoms with van der Waals surface area (Å²) in [4.78, 5) is 20.3. The number of thiazole rings is 1. The number of benzene rings is 1. The molecule has 0 fully saturated rings. The number of carbonyl (C=O) groups excluding carboxylic acids is 1. The van der Waals surface area contributed by atoms with E-state index in [-0.39, 0.29) is 5.91 Å².